The standard InChI is InChI=1S/C10H12N2O5.C9H10N2O5/c1-17-10(14)7-3-2-4-8(12(15)16)9(7)11-5-6-13;12-5-4-10-8-6(9(13)14)2-1-3-7(8)11(15)16/h2-4,11,13H,5-6H2,1H3;1-3,10,12H,4-5H2,(H,13,14). The molecular formula is C19H22N4O10. The molecule has 178 valence electrons. The Morgan fingerprint density at radius 3 is 1.67 bits per heavy atom. The summed E-state index contributed by atoms with van der Waals surface area (Å²) in [6.07, 6.45) is 0. The number of nitro benzene ring substituents is 2. The fourth-order valence-electron chi connectivity index (χ4n) is 2.58. The number of anilines is 2. The van der Waals surface area contributed by atoms with Crippen LogP contribution in [0.25, 0.3) is 0 Å². The summed E-state index contributed by atoms with van der Waals surface area (Å²) in [6, 6.07) is 7.84. The number of carbonyl (C=O) groups excluding carboxylic acids is 1. The maximum Gasteiger partial charge on any atom is 0.340 e. The summed E-state index contributed by atoms with van der Waals surface area (Å²) < 4.78 is 4.53. The molecule has 5 N–H and O–H groups in total. The van der Waals surface area contributed by atoms with Gasteiger partial charge in [0.2, 0.25) is 0 Å². The zero-order chi connectivity index (χ0) is 25.0. The van der Waals surface area contributed by atoms with Gasteiger partial charge in [0.25, 0.3) is 11.4 Å². The molecule has 0 spiro atoms. The molecule has 0 saturated carbocycles. The Labute approximate surface area is 186 Å². The molecule has 2 rings (SSSR count). The van der Waals surface area contributed by atoms with E-state index >= 15 is 0 Å². The van der Waals surface area contributed by atoms with Crippen LogP contribution in [-0.4, -0.2) is 70.5 Å². The van der Waals surface area contributed by atoms with E-state index in [1.165, 1.54) is 43.5 Å². The van der Waals surface area contributed by atoms with Gasteiger partial charge in [-0.25, -0.2) is 9.59 Å². The third-order valence-electron chi connectivity index (χ3n) is 3.94. The third kappa shape index (κ3) is 7.41. The minimum absolute atomic E-state index is 0.0468. The second-order valence-electron chi connectivity index (χ2n) is 6.01. The number of ether oxygens (including phenoxy) is 1. The van der Waals surface area contributed by atoms with Crippen LogP contribution in [0.5, 0.6) is 0 Å². The molecule has 0 unspecified atom stereocenters. The van der Waals surface area contributed by atoms with Gasteiger partial charge >= 0.3 is 11.9 Å². The van der Waals surface area contributed by atoms with Gasteiger partial charge < -0.3 is 30.7 Å². The number of carbonyl (C=O) groups is 2. The van der Waals surface area contributed by atoms with Crippen molar-refractivity contribution in [1.82, 2.24) is 0 Å². The maximum atomic E-state index is 11.4. The summed E-state index contributed by atoms with van der Waals surface area (Å²) in [6.45, 7) is -0.294. The number of nitrogens with zero attached hydrogens (tertiary/aromatic N) is 2. The summed E-state index contributed by atoms with van der Waals surface area (Å²) in [5.41, 5.74) is -0.722. The summed E-state index contributed by atoms with van der Waals surface area (Å²) in [7, 11) is 1.19. The average molecular weight is 466 g/mol. The first-order chi connectivity index (χ1) is 15.7. The molecular weight excluding hydrogens is 444 g/mol. The molecule has 0 radical (unpaired) electrons. The Balaban J connectivity index is 0.000000331. The predicted molar refractivity (Wildman–Crippen MR) is 116 cm³/mol. The van der Waals surface area contributed by atoms with Crippen molar-refractivity contribution in [2.75, 3.05) is 44.0 Å². The third-order valence-corrected chi connectivity index (χ3v) is 3.94. The molecule has 0 heterocycles. The topological polar surface area (TPSA) is 214 Å². The number of benzene rings is 2. The molecule has 33 heavy (non-hydrogen) atoms. The number of aliphatic hydroxyl groups excluding tert-OH is 2. The van der Waals surface area contributed by atoms with Crippen LogP contribution < -0.4 is 10.6 Å². The van der Waals surface area contributed by atoms with Crippen LogP contribution in [0.1, 0.15) is 20.7 Å². The Bertz CT molecular complexity index is 980. The molecule has 2 aromatic rings. The normalized spacial score (nSPS) is 9.79. The number of methoxy groups -OCH3 is 1. The molecule has 0 aliphatic heterocycles. The van der Waals surface area contributed by atoms with Crippen LogP contribution in [0.15, 0.2) is 36.4 Å². The van der Waals surface area contributed by atoms with E-state index in [2.05, 4.69) is 15.4 Å². The lowest BCUT2D eigenvalue weighted by Gasteiger charge is -2.09. The largest absolute Gasteiger partial charge is 0.478 e. The lowest BCUT2D eigenvalue weighted by Crippen LogP contribution is -2.13. The second-order valence-corrected chi connectivity index (χ2v) is 6.01. The zero-order valence-corrected chi connectivity index (χ0v) is 17.4. The van der Waals surface area contributed by atoms with Crippen molar-refractivity contribution in [1.29, 1.82) is 0 Å². The van der Waals surface area contributed by atoms with E-state index in [4.69, 9.17) is 15.3 Å². The molecule has 0 amide bonds. The summed E-state index contributed by atoms with van der Waals surface area (Å²) in [4.78, 5) is 42.4. The van der Waals surface area contributed by atoms with Gasteiger partial charge in [0, 0.05) is 25.2 Å². The van der Waals surface area contributed by atoms with Gasteiger partial charge in [-0.15, -0.1) is 0 Å². The molecule has 14 nitrogen and oxygen atoms in total. The maximum absolute atomic E-state index is 11.4. The molecule has 0 aliphatic carbocycles. The van der Waals surface area contributed by atoms with E-state index in [0.717, 1.165) is 0 Å². The van der Waals surface area contributed by atoms with Crippen molar-refractivity contribution < 1.29 is 39.5 Å². The number of para-hydroxylation sites is 2. The first kappa shape index (κ1) is 26.7. The Morgan fingerprint density at radius 2 is 1.30 bits per heavy atom. The zero-order valence-electron chi connectivity index (χ0n) is 17.4. The number of aromatic carboxylic acids is 1. The minimum Gasteiger partial charge on any atom is -0.478 e. The van der Waals surface area contributed by atoms with Crippen molar-refractivity contribution >= 4 is 34.7 Å². The van der Waals surface area contributed by atoms with Crippen molar-refractivity contribution in [3.8, 4) is 0 Å². The van der Waals surface area contributed by atoms with Crippen molar-refractivity contribution in [2.45, 2.75) is 0 Å². The molecule has 0 saturated heterocycles. The quantitative estimate of drug-likeness (QED) is 0.191. The van der Waals surface area contributed by atoms with Gasteiger partial charge in [-0.3, -0.25) is 20.2 Å². The SMILES string of the molecule is COC(=O)c1cccc([N+](=O)[O-])c1NCCO.O=C(O)c1cccc([N+](=O)[O-])c1NCCO. The number of esters is 1. The van der Waals surface area contributed by atoms with E-state index in [0.29, 0.717) is 0 Å². The van der Waals surface area contributed by atoms with Crippen LogP contribution in [0, 0.1) is 20.2 Å². The summed E-state index contributed by atoms with van der Waals surface area (Å²) >= 11 is 0. The molecule has 0 atom stereocenters. The first-order valence-electron chi connectivity index (χ1n) is 9.25. The minimum atomic E-state index is -1.26. The number of rotatable bonds is 10. The van der Waals surface area contributed by atoms with Crippen LogP contribution in [0.2, 0.25) is 0 Å². The molecule has 0 aromatic heterocycles. The molecule has 0 aliphatic rings. The molecule has 14 heteroatoms. The monoisotopic (exact) mass is 466 g/mol. The summed E-state index contributed by atoms with van der Waals surface area (Å²) in [5.74, 6) is -1.93. The highest BCUT2D eigenvalue weighted by Gasteiger charge is 2.22. The Hall–Kier alpha value is -4.30. The fourth-order valence-corrected chi connectivity index (χ4v) is 2.58. The van der Waals surface area contributed by atoms with Crippen LogP contribution in [-0.2, 0) is 4.74 Å². The highest BCUT2D eigenvalue weighted by Crippen LogP contribution is 2.29. The van der Waals surface area contributed by atoms with Crippen molar-refractivity contribution in [3.63, 3.8) is 0 Å². The predicted octanol–water partition coefficient (Wildman–Crippen LogP) is 1.48. The fraction of sp³-hybridized carbons (Fsp3) is 0.263. The van der Waals surface area contributed by atoms with Crippen LogP contribution in [0.4, 0.5) is 22.7 Å². The van der Waals surface area contributed by atoms with Gasteiger partial charge in [-0.1, -0.05) is 12.1 Å². The number of nitro groups is 2. The van der Waals surface area contributed by atoms with E-state index < -0.39 is 21.8 Å². The highest BCUT2D eigenvalue weighted by atomic mass is 16.6. The number of aliphatic hydroxyl groups is 2. The number of nitrogens with one attached hydrogen (secondary N) is 2. The Kier molecular flexibility index (Phi) is 10.7. The van der Waals surface area contributed by atoms with E-state index in [1.54, 1.807) is 0 Å². The second kappa shape index (κ2) is 13.2. The van der Waals surface area contributed by atoms with E-state index in [1.807, 2.05) is 0 Å². The average Bonchev–Trinajstić information content (AvgIpc) is 2.80. The lowest BCUT2D eigenvalue weighted by molar-refractivity contribution is -0.384. The highest BCUT2D eigenvalue weighted by molar-refractivity contribution is 5.98. The number of carboxylic acids is 1. The van der Waals surface area contributed by atoms with Gasteiger partial charge in [-0.05, 0) is 12.1 Å². The molecule has 0 bridgehead atoms. The lowest BCUT2D eigenvalue weighted by atomic mass is 10.1. The first-order valence-corrected chi connectivity index (χ1v) is 9.25. The van der Waals surface area contributed by atoms with Gasteiger partial charge in [0.1, 0.15) is 11.4 Å². The van der Waals surface area contributed by atoms with Crippen molar-refractivity contribution in [3.05, 3.63) is 67.8 Å². The molecule has 0 fully saturated rings. The summed E-state index contributed by atoms with van der Waals surface area (Å²) in [5, 5.41) is 52.8. The number of hydrogen-bond donors (Lipinski definition) is 5. The van der Waals surface area contributed by atoms with Crippen LogP contribution >= 0.6 is 0 Å². The van der Waals surface area contributed by atoms with Crippen LogP contribution in [0.3, 0.4) is 0 Å². The molecule has 2 aromatic carbocycles. The van der Waals surface area contributed by atoms with Crippen molar-refractivity contribution in [2.24, 2.45) is 0 Å². The number of hydrogen-bond acceptors (Lipinski definition) is 11. The van der Waals surface area contributed by atoms with E-state index in [9.17, 15) is 29.8 Å². The van der Waals surface area contributed by atoms with Gasteiger partial charge in [0.05, 0.1) is 41.3 Å². The van der Waals surface area contributed by atoms with Gasteiger partial charge in [-0.2, -0.15) is 0 Å². The van der Waals surface area contributed by atoms with E-state index in [-0.39, 0.29) is 60.2 Å². The smallest absolute Gasteiger partial charge is 0.340 e. The number of carboxylic acid groups (broad SMARTS) is 1. The van der Waals surface area contributed by atoms with Gasteiger partial charge in [0.15, 0.2) is 0 Å². The Morgan fingerprint density at radius 1 is 0.879 bits per heavy atom.